The molecule has 0 aliphatic heterocycles. The Hall–Kier alpha value is -4.28. The highest BCUT2D eigenvalue weighted by atomic mass is 16.5. The number of hydroxylamine groups is 1. The van der Waals surface area contributed by atoms with Crippen molar-refractivity contribution < 1.29 is 14.7 Å². The first-order valence-electron chi connectivity index (χ1n) is 9.00. The van der Waals surface area contributed by atoms with E-state index in [1.807, 2.05) is 36.4 Å². The van der Waals surface area contributed by atoms with E-state index >= 15 is 0 Å². The second kappa shape index (κ2) is 8.39. The van der Waals surface area contributed by atoms with E-state index in [1.54, 1.807) is 30.1 Å². The van der Waals surface area contributed by atoms with Crippen molar-refractivity contribution in [2.45, 2.75) is 0 Å². The molecule has 1 aromatic carbocycles. The maximum absolute atomic E-state index is 12.3. The van der Waals surface area contributed by atoms with Gasteiger partial charge in [0.1, 0.15) is 5.69 Å². The van der Waals surface area contributed by atoms with Gasteiger partial charge in [0, 0.05) is 46.9 Å². The van der Waals surface area contributed by atoms with E-state index in [4.69, 9.17) is 4.74 Å². The molecule has 7 heteroatoms. The topological polar surface area (TPSA) is 97.2 Å². The number of nitrogens with one attached hydrogen (secondary N) is 1. The van der Waals surface area contributed by atoms with Gasteiger partial charge < -0.3 is 4.74 Å². The van der Waals surface area contributed by atoms with Crippen molar-refractivity contribution in [1.29, 1.82) is 0 Å². The summed E-state index contributed by atoms with van der Waals surface area (Å²) in [5.41, 5.74) is 5.31. The Kier molecular flexibility index (Phi) is 5.33. The molecule has 0 radical (unpaired) electrons. The summed E-state index contributed by atoms with van der Waals surface area (Å²) >= 11 is 0. The molecule has 0 saturated heterocycles. The number of benzene rings is 1. The molecule has 1 amide bonds. The number of carbonyl (C=O) groups is 1. The molecule has 0 saturated carbocycles. The van der Waals surface area contributed by atoms with Crippen LogP contribution in [0.4, 0.5) is 0 Å². The number of fused-ring (bicyclic) bond motifs is 1. The van der Waals surface area contributed by atoms with Gasteiger partial charge in [-0.1, -0.05) is 24.0 Å². The Labute approximate surface area is 172 Å². The normalized spacial score (nSPS) is 10.2. The first kappa shape index (κ1) is 19.1. The van der Waals surface area contributed by atoms with E-state index in [0.29, 0.717) is 16.6 Å². The number of carbonyl (C=O) groups excluding carboxylic acids is 1. The van der Waals surface area contributed by atoms with Gasteiger partial charge >= 0.3 is 0 Å². The quantitative estimate of drug-likeness (QED) is 0.314. The summed E-state index contributed by atoms with van der Waals surface area (Å²) in [6, 6.07) is 12.8. The lowest BCUT2D eigenvalue weighted by atomic mass is 10.0. The minimum Gasteiger partial charge on any atom is -0.494 e. The first-order chi connectivity index (χ1) is 14.7. The van der Waals surface area contributed by atoms with Crippen molar-refractivity contribution in [2.24, 2.45) is 0 Å². The number of ether oxygens (including phenoxy) is 1. The summed E-state index contributed by atoms with van der Waals surface area (Å²) in [6.07, 6.45) is 6.49. The maximum atomic E-state index is 12.3. The average Bonchev–Trinajstić information content (AvgIpc) is 2.82. The number of amides is 1. The summed E-state index contributed by atoms with van der Waals surface area (Å²) in [5.74, 6) is 5.73. The molecule has 4 aromatic rings. The van der Waals surface area contributed by atoms with E-state index in [0.717, 1.165) is 16.7 Å². The van der Waals surface area contributed by atoms with Crippen molar-refractivity contribution >= 4 is 16.8 Å². The van der Waals surface area contributed by atoms with Gasteiger partial charge in [-0.25, -0.2) is 10.5 Å². The summed E-state index contributed by atoms with van der Waals surface area (Å²) in [6.45, 7) is 0. The molecule has 3 aromatic heterocycles. The first-order valence-corrected chi connectivity index (χ1v) is 9.00. The van der Waals surface area contributed by atoms with Gasteiger partial charge in [-0.3, -0.25) is 20.0 Å². The van der Waals surface area contributed by atoms with Crippen molar-refractivity contribution in [3.8, 4) is 28.8 Å². The van der Waals surface area contributed by atoms with Crippen LogP contribution in [0.15, 0.2) is 67.3 Å². The van der Waals surface area contributed by atoms with Crippen LogP contribution in [-0.4, -0.2) is 33.2 Å². The summed E-state index contributed by atoms with van der Waals surface area (Å²) < 4.78 is 5.50. The van der Waals surface area contributed by atoms with E-state index in [-0.39, 0.29) is 11.3 Å². The zero-order chi connectivity index (χ0) is 20.9. The molecule has 0 fully saturated rings. The number of aromatic nitrogens is 3. The van der Waals surface area contributed by atoms with Crippen molar-refractivity contribution in [3.63, 3.8) is 0 Å². The van der Waals surface area contributed by atoms with Crippen molar-refractivity contribution in [2.75, 3.05) is 7.11 Å². The lowest BCUT2D eigenvalue weighted by molar-refractivity contribution is 0.0705. The Bertz CT molecular complexity index is 1280. The molecule has 2 N–H and O–H groups in total. The molecule has 0 bridgehead atoms. The van der Waals surface area contributed by atoms with Gasteiger partial charge in [0.15, 0.2) is 5.75 Å². The van der Waals surface area contributed by atoms with E-state index < -0.39 is 5.91 Å². The Balaban J connectivity index is 1.80. The van der Waals surface area contributed by atoms with Gasteiger partial charge in [-0.15, -0.1) is 0 Å². The largest absolute Gasteiger partial charge is 0.494 e. The van der Waals surface area contributed by atoms with Crippen LogP contribution in [0, 0.1) is 11.8 Å². The summed E-state index contributed by atoms with van der Waals surface area (Å²) in [7, 11) is 1.45. The van der Waals surface area contributed by atoms with E-state index in [2.05, 4.69) is 26.8 Å². The highest BCUT2D eigenvalue weighted by Crippen LogP contribution is 2.35. The van der Waals surface area contributed by atoms with Crippen LogP contribution >= 0.6 is 0 Å². The SMILES string of the molecule is COc1c(-c2ccc(C#Cc3ccncc3)cc2)nc2ccncc2c1C(=O)NO. The number of nitrogens with zero attached hydrogens (tertiary/aromatic N) is 3. The van der Waals surface area contributed by atoms with Crippen LogP contribution in [0.25, 0.3) is 22.2 Å². The predicted octanol–water partition coefficient (Wildman–Crippen LogP) is 3.22. The van der Waals surface area contributed by atoms with Crippen LogP contribution in [-0.2, 0) is 0 Å². The lowest BCUT2D eigenvalue weighted by Crippen LogP contribution is -2.20. The van der Waals surface area contributed by atoms with Gasteiger partial charge in [-0.2, -0.15) is 0 Å². The molecule has 3 heterocycles. The van der Waals surface area contributed by atoms with Crippen molar-refractivity contribution in [3.05, 3.63) is 83.9 Å². The monoisotopic (exact) mass is 396 g/mol. The third kappa shape index (κ3) is 3.68. The molecule has 0 aliphatic rings. The molecule has 146 valence electrons. The average molecular weight is 396 g/mol. The lowest BCUT2D eigenvalue weighted by Gasteiger charge is -2.14. The number of rotatable bonds is 3. The van der Waals surface area contributed by atoms with Crippen LogP contribution in [0.2, 0.25) is 0 Å². The molecule has 0 unspecified atom stereocenters. The fraction of sp³-hybridized carbons (Fsp3) is 0.0435. The standard InChI is InChI=1S/C23H16N4O3/c1-30-22-20(23(28)27-29)18-14-25-13-10-19(18)26-21(22)17-6-4-15(5-7-17)2-3-16-8-11-24-12-9-16/h4-14,29H,1H3,(H,27,28). The second-order valence-corrected chi connectivity index (χ2v) is 6.27. The van der Waals surface area contributed by atoms with Gasteiger partial charge in [0.25, 0.3) is 5.91 Å². The third-order valence-electron chi connectivity index (χ3n) is 4.46. The molecule has 7 nitrogen and oxygen atoms in total. The molecule has 30 heavy (non-hydrogen) atoms. The second-order valence-electron chi connectivity index (χ2n) is 6.27. The summed E-state index contributed by atoms with van der Waals surface area (Å²) in [4.78, 5) is 25.0. The van der Waals surface area contributed by atoms with Gasteiger partial charge in [0.05, 0.1) is 18.2 Å². The minimum atomic E-state index is -0.701. The van der Waals surface area contributed by atoms with Gasteiger partial charge in [0.2, 0.25) is 0 Å². The number of hydrogen-bond acceptors (Lipinski definition) is 6. The Morgan fingerprint density at radius 1 is 0.967 bits per heavy atom. The fourth-order valence-corrected chi connectivity index (χ4v) is 3.06. The zero-order valence-electron chi connectivity index (χ0n) is 16.0. The molecule has 0 atom stereocenters. The molecular formula is C23H16N4O3. The molecule has 0 spiro atoms. The van der Waals surface area contributed by atoms with Crippen LogP contribution in [0.1, 0.15) is 21.5 Å². The number of methoxy groups -OCH3 is 1. The molecule has 0 aliphatic carbocycles. The smallest absolute Gasteiger partial charge is 0.279 e. The highest BCUT2D eigenvalue weighted by Gasteiger charge is 2.22. The number of pyridine rings is 3. The Morgan fingerprint density at radius 3 is 2.30 bits per heavy atom. The van der Waals surface area contributed by atoms with Crippen molar-refractivity contribution in [1.82, 2.24) is 20.4 Å². The van der Waals surface area contributed by atoms with E-state index in [9.17, 15) is 10.0 Å². The number of hydrogen-bond donors (Lipinski definition) is 2. The van der Waals surface area contributed by atoms with Crippen LogP contribution < -0.4 is 10.2 Å². The minimum absolute atomic E-state index is 0.162. The Morgan fingerprint density at radius 2 is 1.63 bits per heavy atom. The molecule has 4 rings (SSSR count). The third-order valence-corrected chi connectivity index (χ3v) is 4.46. The van der Waals surface area contributed by atoms with Crippen LogP contribution in [0.5, 0.6) is 5.75 Å². The maximum Gasteiger partial charge on any atom is 0.279 e. The fourth-order valence-electron chi connectivity index (χ4n) is 3.06. The van der Waals surface area contributed by atoms with Crippen LogP contribution in [0.3, 0.4) is 0 Å². The zero-order valence-corrected chi connectivity index (χ0v) is 16.0. The highest BCUT2D eigenvalue weighted by molar-refractivity contribution is 6.09. The molecular weight excluding hydrogens is 380 g/mol. The predicted molar refractivity (Wildman–Crippen MR) is 111 cm³/mol. The van der Waals surface area contributed by atoms with E-state index in [1.165, 1.54) is 13.3 Å². The van der Waals surface area contributed by atoms with Gasteiger partial charge in [-0.05, 0) is 30.3 Å². The summed E-state index contributed by atoms with van der Waals surface area (Å²) in [5, 5.41) is 9.68.